The molecule has 1 aromatic heterocycles. The number of carbonyl (C=O) groups excluding carboxylic acids is 1. The van der Waals surface area contributed by atoms with Crippen LogP contribution in [0.2, 0.25) is 0 Å². The van der Waals surface area contributed by atoms with E-state index in [1.165, 1.54) is 4.31 Å². The van der Waals surface area contributed by atoms with Gasteiger partial charge in [0.15, 0.2) is 5.82 Å². The lowest BCUT2D eigenvalue weighted by Crippen LogP contribution is -2.48. The van der Waals surface area contributed by atoms with E-state index in [2.05, 4.69) is 31.0 Å². The Labute approximate surface area is 190 Å². The number of aromatic nitrogens is 2. The van der Waals surface area contributed by atoms with Gasteiger partial charge in [0.25, 0.3) is 0 Å². The lowest BCUT2D eigenvalue weighted by molar-refractivity contribution is -0.130. The number of rotatable bonds is 7. The van der Waals surface area contributed by atoms with Gasteiger partial charge in [0.2, 0.25) is 21.8 Å². The van der Waals surface area contributed by atoms with E-state index >= 15 is 0 Å². The number of benzene rings is 1. The topological polar surface area (TPSA) is 99.9 Å². The van der Waals surface area contributed by atoms with Crippen LogP contribution in [0.3, 0.4) is 0 Å². The molecule has 1 aromatic carbocycles. The molecule has 1 amide bonds. The van der Waals surface area contributed by atoms with Crippen molar-refractivity contribution in [2.24, 2.45) is 0 Å². The molecule has 0 atom stereocenters. The molecule has 0 N–H and O–H groups in total. The van der Waals surface area contributed by atoms with Crippen molar-refractivity contribution in [3.63, 3.8) is 0 Å². The summed E-state index contributed by atoms with van der Waals surface area (Å²) in [6.45, 7) is 4.19. The minimum absolute atomic E-state index is 0.139. The molecule has 11 heteroatoms. The van der Waals surface area contributed by atoms with E-state index < -0.39 is 10.0 Å². The first-order valence-electron chi connectivity index (χ1n) is 10.5. The molecule has 0 spiro atoms. The van der Waals surface area contributed by atoms with Crippen molar-refractivity contribution >= 4 is 31.9 Å². The quantitative estimate of drug-likeness (QED) is 0.559. The summed E-state index contributed by atoms with van der Waals surface area (Å²) in [7, 11) is -3.49. The molecule has 3 heterocycles. The number of hydrogen-bond donors (Lipinski definition) is 0. The largest absolute Gasteiger partial charge is 0.343 e. The fourth-order valence-corrected chi connectivity index (χ4v) is 5.56. The Bertz CT molecular complexity index is 997. The van der Waals surface area contributed by atoms with Crippen LogP contribution in [0.25, 0.3) is 0 Å². The number of sulfonamides is 1. The van der Waals surface area contributed by atoms with Gasteiger partial charge >= 0.3 is 0 Å². The molecule has 4 rings (SSSR count). The smallest absolute Gasteiger partial charge is 0.243 e. The maximum absolute atomic E-state index is 12.8. The van der Waals surface area contributed by atoms with Crippen LogP contribution in [0.1, 0.15) is 31.0 Å². The molecule has 0 saturated carbocycles. The lowest BCUT2D eigenvalue weighted by atomic mass is 10.3. The predicted octanol–water partition coefficient (Wildman–Crippen LogP) is 1.89. The van der Waals surface area contributed by atoms with E-state index in [1.807, 2.05) is 4.90 Å². The van der Waals surface area contributed by atoms with E-state index in [0.717, 1.165) is 30.4 Å². The van der Waals surface area contributed by atoms with Gasteiger partial charge in [-0.25, -0.2) is 8.42 Å². The standard InChI is InChI=1S/C20H26BrN5O4S/c21-16-3-5-17(6-4-16)31(28,29)26-13-11-24(12-14-26)15-18-22-19(30-23-18)7-8-20(27)25-9-1-2-10-25/h3-6H,1-2,7-15H2. The van der Waals surface area contributed by atoms with Crippen molar-refractivity contribution < 1.29 is 17.7 Å². The minimum atomic E-state index is -3.49. The highest BCUT2D eigenvalue weighted by Crippen LogP contribution is 2.20. The van der Waals surface area contributed by atoms with Crippen molar-refractivity contribution in [2.45, 2.75) is 37.1 Å². The zero-order valence-corrected chi connectivity index (χ0v) is 19.6. The maximum Gasteiger partial charge on any atom is 0.243 e. The average Bonchev–Trinajstić information content (AvgIpc) is 3.45. The molecule has 168 valence electrons. The summed E-state index contributed by atoms with van der Waals surface area (Å²) < 4.78 is 33.3. The molecule has 2 fully saturated rings. The van der Waals surface area contributed by atoms with Gasteiger partial charge in [-0.15, -0.1) is 0 Å². The average molecular weight is 512 g/mol. The van der Waals surface area contributed by atoms with Crippen LogP contribution < -0.4 is 0 Å². The van der Waals surface area contributed by atoms with Crippen LogP contribution >= 0.6 is 15.9 Å². The zero-order valence-electron chi connectivity index (χ0n) is 17.2. The molecular formula is C20H26BrN5O4S. The number of piperazine rings is 1. The van der Waals surface area contributed by atoms with Crippen LogP contribution in [-0.4, -0.2) is 77.8 Å². The molecule has 2 saturated heterocycles. The number of likely N-dealkylation sites (tertiary alicyclic amines) is 1. The summed E-state index contributed by atoms with van der Waals surface area (Å²) in [6.07, 6.45) is 2.98. The van der Waals surface area contributed by atoms with Crippen molar-refractivity contribution in [1.82, 2.24) is 24.2 Å². The highest BCUT2D eigenvalue weighted by Gasteiger charge is 2.29. The predicted molar refractivity (Wildman–Crippen MR) is 117 cm³/mol. The summed E-state index contributed by atoms with van der Waals surface area (Å²) in [6, 6.07) is 6.69. The van der Waals surface area contributed by atoms with Gasteiger partial charge in [-0.3, -0.25) is 9.69 Å². The molecule has 2 aliphatic heterocycles. The third kappa shape index (κ3) is 5.51. The Kier molecular flexibility index (Phi) is 7.05. The molecule has 31 heavy (non-hydrogen) atoms. The second-order valence-corrected chi connectivity index (χ2v) is 10.7. The zero-order chi connectivity index (χ0) is 21.8. The van der Waals surface area contributed by atoms with E-state index in [9.17, 15) is 13.2 Å². The van der Waals surface area contributed by atoms with E-state index in [0.29, 0.717) is 62.2 Å². The third-order valence-electron chi connectivity index (χ3n) is 5.67. The SMILES string of the molecule is O=C(CCc1nc(CN2CCN(S(=O)(=O)c3ccc(Br)cc3)CC2)no1)N1CCCC1. The molecule has 2 aromatic rings. The Morgan fingerprint density at radius 1 is 1.03 bits per heavy atom. The fourth-order valence-electron chi connectivity index (χ4n) is 3.88. The maximum atomic E-state index is 12.8. The molecule has 0 unspecified atom stereocenters. The number of aryl methyl sites for hydroxylation is 1. The van der Waals surface area contributed by atoms with Crippen molar-refractivity contribution in [1.29, 1.82) is 0 Å². The number of hydrogen-bond acceptors (Lipinski definition) is 7. The van der Waals surface area contributed by atoms with Gasteiger partial charge in [-0.05, 0) is 37.1 Å². The Morgan fingerprint density at radius 2 is 1.71 bits per heavy atom. The van der Waals surface area contributed by atoms with Crippen LogP contribution in [-0.2, 0) is 27.8 Å². The molecular weight excluding hydrogens is 486 g/mol. The first-order valence-corrected chi connectivity index (χ1v) is 12.7. The van der Waals surface area contributed by atoms with Crippen molar-refractivity contribution in [3.8, 4) is 0 Å². The number of amides is 1. The van der Waals surface area contributed by atoms with Gasteiger partial charge in [0, 0.05) is 56.6 Å². The molecule has 2 aliphatic rings. The molecule has 0 aliphatic carbocycles. The van der Waals surface area contributed by atoms with E-state index in [-0.39, 0.29) is 5.91 Å². The van der Waals surface area contributed by atoms with Crippen molar-refractivity contribution in [3.05, 3.63) is 40.5 Å². The molecule has 0 bridgehead atoms. The highest BCUT2D eigenvalue weighted by atomic mass is 79.9. The molecule has 9 nitrogen and oxygen atoms in total. The number of nitrogens with zero attached hydrogens (tertiary/aromatic N) is 5. The summed E-state index contributed by atoms with van der Waals surface area (Å²) in [5.74, 6) is 1.17. The van der Waals surface area contributed by atoms with Gasteiger partial charge in [-0.2, -0.15) is 9.29 Å². The Morgan fingerprint density at radius 3 is 2.39 bits per heavy atom. The number of halogens is 1. The molecule has 0 radical (unpaired) electrons. The normalized spacial score (nSPS) is 18.5. The second kappa shape index (κ2) is 9.76. The van der Waals surface area contributed by atoms with Crippen molar-refractivity contribution in [2.75, 3.05) is 39.3 Å². The van der Waals surface area contributed by atoms with Gasteiger partial charge in [0.1, 0.15) is 0 Å². The summed E-state index contributed by atoms with van der Waals surface area (Å²) in [5.41, 5.74) is 0. The Balaban J connectivity index is 1.25. The van der Waals surface area contributed by atoms with Crippen LogP contribution in [0, 0.1) is 0 Å². The van der Waals surface area contributed by atoms with Gasteiger partial charge in [0.05, 0.1) is 11.4 Å². The van der Waals surface area contributed by atoms with Crippen LogP contribution in [0.5, 0.6) is 0 Å². The second-order valence-electron chi connectivity index (χ2n) is 7.83. The monoisotopic (exact) mass is 511 g/mol. The van der Waals surface area contributed by atoms with Crippen LogP contribution in [0.15, 0.2) is 38.2 Å². The lowest BCUT2D eigenvalue weighted by Gasteiger charge is -2.33. The summed E-state index contributed by atoms with van der Waals surface area (Å²) in [5, 5.41) is 4.02. The fraction of sp³-hybridized carbons (Fsp3) is 0.550. The third-order valence-corrected chi connectivity index (χ3v) is 8.11. The first-order chi connectivity index (χ1) is 14.9. The first kappa shape index (κ1) is 22.4. The number of carbonyl (C=O) groups is 1. The van der Waals surface area contributed by atoms with E-state index in [4.69, 9.17) is 4.52 Å². The highest BCUT2D eigenvalue weighted by molar-refractivity contribution is 9.10. The van der Waals surface area contributed by atoms with Gasteiger partial charge in [-0.1, -0.05) is 21.1 Å². The summed E-state index contributed by atoms with van der Waals surface area (Å²) in [4.78, 5) is 20.8. The van der Waals surface area contributed by atoms with Gasteiger partial charge < -0.3 is 9.42 Å². The van der Waals surface area contributed by atoms with Crippen LogP contribution in [0.4, 0.5) is 0 Å². The van der Waals surface area contributed by atoms with E-state index in [1.54, 1.807) is 24.3 Å². The Hall–Kier alpha value is -1.82. The summed E-state index contributed by atoms with van der Waals surface area (Å²) >= 11 is 3.33. The minimum Gasteiger partial charge on any atom is -0.343 e.